The van der Waals surface area contributed by atoms with Gasteiger partial charge >= 0.3 is 0 Å². The molecule has 5 heteroatoms. The number of rotatable bonds is 6. The van der Waals surface area contributed by atoms with Crippen LogP contribution in [-0.2, 0) is 5.75 Å². The second-order valence-electron chi connectivity index (χ2n) is 7.61. The molecule has 0 spiro atoms. The van der Waals surface area contributed by atoms with Crippen molar-refractivity contribution < 1.29 is 4.79 Å². The zero-order valence-electron chi connectivity index (χ0n) is 15.9. The van der Waals surface area contributed by atoms with Crippen molar-refractivity contribution in [2.24, 2.45) is 0 Å². The molecule has 0 bridgehead atoms. The number of carbonyl (C=O) groups excluding carboxylic acids is 1. The maximum absolute atomic E-state index is 12.9. The van der Waals surface area contributed by atoms with Crippen LogP contribution in [0, 0.1) is 11.3 Å². The van der Waals surface area contributed by atoms with Gasteiger partial charge in [0.2, 0.25) is 0 Å². The van der Waals surface area contributed by atoms with Gasteiger partial charge in [0.15, 0.2) is 0 Å². The van der Waals surface area contributed by atoms with Crippen molar-refractivity contribution in [3.05, 3.63) is 65.2 Å². The van der Waals surface area contributed by atoms with Crippen LogP contribution in [0.4, 0.5) is 0 Å². The van der Waals surface area contributed by atoms with Crippen molar-refractivity contribution in [2.75, 3.05) is 13.1 Å². The minimum absolute atomic E-state index is 0.0350. The molecule has 0 radical (unpaired) electrons. The molecule has 144 valence electrons. The van der Waals surface area contributed by atoms with Gasteiger partial charge < -0.3 is 10.2 Å². The molecule has 28 heavy (non-hydrogen) atoms. The van der Waals surface area contributed by atoms with Crippen LogP contribution in [-0.4, -0.2) is 36.0 Å². The first-order chi connectivity index (χ1) is 13.7. The van der Waals surface area contributed by atoms with Crippen LogP contribution in [0.2, 0.25) is 0 Å². The summed E-state index contributed by atoms with van der Waals surface area (Å²) in [6, 6.07) is 18.7. The average molecular weight is 392 g/mol. The molecule has 0 aromatic heterocycles. The molecule has 2 fully saturated rings. The minimum Gasteiger partial charge on any atom is -0.349 e. The highest BCUT2D eigenvalue weighted by Gasteiger charge is 2.32. The molecule has 2 aliphatic rings. The van der Waals surface area contributed by atoms with E-state index in [1.165, 1.54) is 12.8 Å². The van der Waals surface area contributed by atoms with Crippen molar-refractivity contribution in [1.29, 1.82) is 5.26 Å². The summed E-state index contributed by atoms with van der Waals surface area (Å²) < 4.78 is 0. The number of likely N-dealkylation sites (tertiary alicyclic amines) is 1. The lowest BCUT2D eigenvalue weighted by Gasteiger charge is -2.32. The molecule has 0 unspecified atom stereocenters. The van der Waals surface area contributed by atoms with Crippen molar-refractivity contribution >= 4 is 17.7 Å². The molecule has 1 heterocycles. The Morgan fingerprint density at radius 1 is 1.07 bits per heavy atom. The first-order valence-corrected chi connectivity index (χ1v) is 11.0. The Labute approximate surface area is 170 Å². The first-order valence-electron chi connectivity index (χ1n) is 9.99. The van der Waals surface area contributed by atoms with Crippen molar-refractivity contribution in [1.82, 2.24) is 10.2 Å². The number of nitrogens with one attached hydrogen (secondary N) is 1. The number of hydrogen-bond acceptors (Lipinski definition) is 4. The van der Waals surface area contributed by atoms with Crippen molar-refractivity contribution in [3.8, 4) is 6.07 Å². The summed E-state index contributed by atoms with van der Waals surface area (Å²) in [4.78, 5) is 16.5. The molecule has 2 aromatic rings. The highest BCUT2D eigenvalue weighted by molar-refractivity contribution is 7.98. The molecule has 4 rings (SSSR count). The maximum Gasteiger partial charge on any atom is 0.252 e. The van der Waals surface area contributed by atoms with Gasteiger partial charge in [0.05, 0.1) is 17.2 Å². The fourth-order valence-electron chi connectivity index (χ4n) is 3.73. The fraction of sp³-hybridized carbons (Fsp3) is 0.391. The third-order valence-electron chi connectivity index (χ3n) is 5.54. The standard InChI is InChI=1S/C23H25N3OS/c24-15-17-5-7-18(8-6-17)16-28-22-4-2-1-3-21(22)23(27)25-19-11-13-26(14-12-19)20-9-10-20/h1-8,19-20H,9-14,16H2,(H,25,27). The third-order valence-corrected chi connectivity index (χ3v) is 6.68. The van der Waals surface area contributed by atoms with Crippen LogP contribution in [0.1, 0.15) is 47.2 Å². The van der Waals surface area contributed by atoms with E-state index < -0.39 is 0 Å². The summed E-state index contributed by atoms with van der Waals surface area (Å²) in [5, 5.41) is 12.2. The van der Waals surface area contributed by atoms with Gasteiger partial charge in [-0.2, -0.15) is 5.26 Å². The lowest BCUT2D eigenvalue weighted by molar-refractivity contribution is 0.0906. The Hall–Kier alpha value is -2.29. The second-order valence-corrected chi connectivity index (χ2v) is 8.63. The molecule has 1 saturated carbocycles. The van der Waals surface area contributed by atoms with Crippen LogP contribution in [0.5, 0.6) is 0 Å². The molecule has 4 nitrogen and oxygen atoms in total. The quantitative estimate of drug-likeness (QED) is 0.750. The second kappa shape index (κ2) is 8.81. The van der Waals surface area contributed by atoms with E-state index in [0.717, 1.165) is 53.7 Å². The van der Waals surface area contributed by atoms with Crippen molar-refractivity contribution in [3.63, 3.8) is 0 Å². The van der Waals surface area contributed by atoms with Gasteiger partial charge in [-0.3, -0.25) is 4.79 Å². The Morgan fingerprint density at radius 3 is 2.46 bits per heavy atom. The monoisotopic (exact) mass is 391 g/mol. The highest BCUT2D eigenvalue weighted by Crippen LogP contribution is 2.30. The lowest BCUT2D eigenvalue weighted by Crippen LogP contribution is -2.45. The Kier molecular flexibility index (Phi) is 5.99. The fourth-order valence-corrected chi connectivity index (χ4v) is 4.73. The summed E-state index contributed by atoms with van der Waals surface area (Å²) in [7, 11) is 0. The number of thioether (sulfide) groups is 1. The van der Waals surface area contributed by atoms with E-state index in [-0.39, 0.29) is 11.9 Å². The van der Waals surface area contributed by atoms with Gasteiger partial charge in [-0.05, 0) is 55.5 Å². The maximum atomic E-state index is 12.9. The molecule has 1 aliphatic carbocycles. The number of amides is 1. The van der Waals surface area contributed by atoms with Crippen LogP contribution in [0.15, 0.2) is 53.4 Å². The zero-order chi connectivity index (χ0) is 19.3. The van der Waals surface area contributed by atoms with E-state index in [9.17, 15) is 4.79 Å². The molecule has 1 saturated heterocycles. The zero-order valence-corrected chi connectivity index (χ0v) is 16.8. The smallest absolute Gasteiger partial charge is 0.252 e. The number of nitriles is 1. The summed E-state index contributed by atoms with van der Waals surface area (Å²) in [6.07, 6.45) is 4.79. The van der Waals surface area contributed by atoms with Gasteiger partial charge in [0.1, 0.15) is 0 Å². The lowest BCUT2D eigenvalue weighted by atomic mass is 10.0. The van der Waals surface area contributed by atoms with Gasteiger partial charge in [-0.25, -0.2) is 0 Å². The molecule has 0 atom stereocenters. The van der Waals surface area contributed by atoms with E-state index in [2.05, 4.69) is 16.3 Å². The van der Waals surface area contributed by atoms with Crippen molar-refractivity contribution in [2.45, 2.75) is 48.4 Å². The van der Waals surface area contributed by atoms with Crippen LogP contribution in [0.3, 0.4) is 0 Å². The predicted molar refractivity (Wildman–Crippen MR) is 112 cm³/mol. The number of carbonyl (C=O) groups is 1. The predicted octanol–water partition coefficient (Wildman–Crippen LogP) is 4.21. The Morgan fingerprint density at radius 2 is 1.79 bits per heavy atom. The van der Waals surface area contributed by atoms with E-state index in [1.807, 2.05) is 48.5 Å². The van der Waals surface area contributed by atoms with Gasteiger partial charge in [0.25, 0.3) is 5.91 Å². The summed E-state index contributed by atoms with van der Waals surface area (Å²) in [5.41, 5.74) is 2.57. The summed E-state index contributed by atoms with van der Waals surface area (Å²) in [6.45, 7) is 2.20. The molecule has 2 aromatic carbocycles. The average Bonchev–Trinajstić information content (AvgIpc) is 3.59. The largest absolute Gasteiger partial charge is 0.349 e. The third kappa shape index (κ3) is 4.76. The first kappa shape index (κ1) is 19.0. The summed E-state index contributed by atoms with van der Waals surface area (Å²) >= 11 is 1.66. The van der Waals surface area contributed by atoms with E-state index in [0.29, 0.717) is 5.56 Å². The molecule has 1 aliphatic heterocycles. The Bertz CT molecular complexity index is 862. The SMILES string of the molecule is N#Cc1ccc(CSc2ccccc2C(=O)NC2CCN(C3CC3)CC2)cc1. The minimum atomic E-state index is 0.0350. The summed E-state index contributed by atoms with van der Waals surface area (Å²) in [5.74, 6) is 0.809. The molecular weight excluding hydrogens is 366 g/mol. The topological polar surface area (TPSA) is 56.1 Å². The van der Waals surface area contributed by atoms with Gasteiger partial charge in [-0.15, -0.1) is 11.8 Å². The Balaban J connectivity index is 1.35. The van der Waals surface area contributed by atoms with E-state index in [4.69, 9.17) is 5.26 Å². The van der Waals surface area contributed by atoms with Crippen LogP contribution >= 0.6 is 11.8 Å². The van der Waals surface area contributed by atoms with Crippen LogP contribution < -0.4 is 5.32 Å². The number of benzene rings is 2. The van der Waals surface area contributed by atoms with Crippen LogP contribution in [0.25, 0.3) is 0 Å². The number of hydrogen-bond donors (Lipinski definition) is 1. The number of nitrogens with zero attached hydrogens (tertiary/aromatic N) is 2. The highest BCUT2D eigenvalue weighted by atomic mass is 32.2. The van der Waals surface area contributed by atoms with E-state index >= 15 is 0 Å². The normalized spacial score (nSPS) is 17.8. The van der Waals surface area contributed by atoms with Gasteiger partial charge in [0, 0.05) is 35.8 Å². The molecular formula is C23H25N3OS. The van der Waals surface area contributed by atoms with Gasteiger partial charge in [-0.1, -0.05) is 24.3 Å². The molecule has 1 amide bonds. The van der Waals surface area contributed by atoms with E-state index in [1.54, 1.807) is 11.8 Å². The molecule has 1 N–H and O–H groups in total. The number of piperidine rings is 1.